The molecular formula is C7H6BrF2Zn. The zero-order valence-corrected chi connectivity index (χ0v) is 10.5. The Balaban J connectivity index is 0.000001000. The van der Waals surface area contributed by atoms with Gasteiger partial charge in [-0.25, -0.2) is 0 Å². The monoisotopic (exact) mass is 271 g/mol. The van der Waals surface area contributed by atoms with Crippen molar-refractivity contribution in [3.05, 3.63) is 35.4 Å². The van der Waals surface area contributed by atoms with Gasteiger partial charge in [0.15, 0.2) is 0 Å². The number of hydrogen-bond acceptors (Lipinski definition) is 0. The first-order valence-corrected chi connectivity index (χ1v) is 5.06. The van der Waals surface area contributed by atoms with Crippen molar-refractivity contribution >= 4 is 17.0 Å². The van der Waals surface area contributed by atoms with Crippen molar-refractivity contribution < 1.29 is 27.1 Å². The molecule has 1 aromatic rings. The van der Waals surface area contributed by atoms with Gasteiger partial charge in [-0.2, -0.15) is 0 Å². The van der Waals surface area contributed by atoms with E-state index in [-0.39, 0.29) is 17.0 Å². The van der Waals surface area contributed by atoms with E-state index < -0.39 is 11.6 Å². The second-order valence-electron chi connectivity index (χ2n) is 2.03. The third-order valence-electron chi connectivity index (χ3n) is 1.21. The standard InChI is InChI=1S/C7H5F2.BrH.Zn/c1-5-2-6(8)4-7(9)3-5;;/h2-4H,1H2;1H;. The van der Waals surface area contributed by atoms with Gasteiger partial charge in [-0.05, 0) is 0 Å². The van der Waals surface area contributed by atoms with Crippen LogP contribution in [0.4, 0.5) is 8.78 Å². The van der Waals surface area contributed by atoms with Gasteiger partial charge >= 0.3 is 67.5 Å². The van der Waals surface area contributed by atoms with Crippen LogP contribution >= 0.6 is 17.0 Å². The van der Waals surface area contributed by atoms with Crippen LogP contribution in [0.5, 0.6) is 0 Å². The summed E-state index contributed by atoms with van der Waals surface area (Å²) in [5, 5.41) is 0.786. The van der Waals surface area contributed by atoms with Crippen molar-refractivity contribution in [2.75, 3.05) is 0 Å². The molecule has 0 bridgehead atoms. The van der Waals surface area contributed by atoms with E-state index in [1.54, 1.807) is 0 Å². The van der Waals surface area contributed by atoms with Crippen LogP contribution < -0.4 is 0 Å². The molecule has 0 aliphatic heterocycles. The fourth-order valence-corrected chi connectivity index (χ4v) is 1.36. The van der Waals surface area contributed by atoms with Crippen molar-refractivity contribution in [3.63, 3.8) is 0 Å². The topological polar surface area (TPSA) is 0 Å². The number of rotatable bonds is 1. The molecule has 0 fully saturated rings. The third-order valence-corrected chi connectivity index (χ3v) is 2.42. The van der Waals surface area contributed by atoms with E-state index in [9.17, 15) is 8.78 Å². The predicted octanol–water partition coefficient (Wildman–Crippen LogP) is 2.59. The quantitative estimate of drug-likeness (QED) is 0.690. The molecule has 0 nitrogen and oxygen atoms in total. The van der Waals surface area contributed by atoms with E-state index in [0.29, 0.717) is 0 Å². The van der Waals surface area contributed by atoms with Gasteiger partial charge in [-0.3, -0.25) is 0 Å². The molecule has 0 aliphatic carbocycles. The summed E-state index contributed by atoms with van der Waals surface area (Å²) < 4.78 is 24.8. The second-order valence-corrected chi connectivity index (χ2v) is 3.08. The maximum absolute atomic E-state index is 12.4. The molecule has 1 aromatic carbocycles. The number of benzene rings is 1. The Morgan fingerprint density at radius 2 is 1.55 bits per heavy atom. The predicted molar refractivity (Wildman–Crippen MR) is 40.4 cm³/mol. The normalized spacial score (nSPS) is 9.09. The Bertz CT molecular complexity index is 220. The molecule has 4 heteroatoms. The minimum absolute atomic E-state index is 0. The van der Waals surface area contributed by atoms with Crippen LogP contribution in [0.15, 0.2) is 18.2 Å². The SMILES string of the molecule is Br.Fc1cc(F)cc([CH2][Zn])c1. The van der Waals surface area contributed by atoms with Gasteiger partial charge in [0, 0.05) is 0 Å². The van der Waals surface area contributed by atoms with Crippen molar-refractivity contribution in [2.45, 2.75) is 5.02 Å². The summed E-state index contributed by atoms with van der Waals surface area (Å²) in [4.78, 5) is 0. The van der Waals surface area contributed by atoms with Gasteiger partial charge in [0.05, 0.1) is 0 Å². The fraction of sp³-hybridized carbons (Fsp3) is 0.143. The van der Waals surface area contributed by atoms with Gasteiger partial charge in [0.1, 0.15) is 0 Å². The third kappa shape index (κ3) is 3.39. The Labute approximate surface area is 84.4 Å². The maximum atomic E-state index is 12.4. The molecule has 0 radical (unpaired) electrons. The van der Waals surface area contributed by atoms with Gasteiger partial charge in [-0.1, -0.05) is 0 Å². The van der Waals surface area contributed by atoms with E-state index in [1.165, 1.54) is 12.1 Å². The second kappa shape index (κ2) is 4.94. The molecule has 0 atom stereocenters. The van der Waals surface area contributed by atoms with E-state index >= 15 is 0 Å². The summed E-state index contributed by atoms with van der Waals surface area (Å²) in [5.41, 5.74) is 0.748. The number of halogens is 3. The van der Waals surface area contributed by atoms with Crippen molar-refractivity contribution in [3.8, 4) is 0 Å². The fourth-order valence-electron chi connectivity index (χ4n) is 0.755. The molecule has 0 saturated heterocycles. The van der Waals surface area contributed by atoms with E-state index in [1.807, 2.05) is 0 Å². The zero-order chi connectivity index (χ0) is 7.56. The van der Waals surface area contributed by atoms with E-state index in [4.69, 9.17) is 0 Å². The summed E-state index contributed by atoms with van der Waals surface area (Å²) in [6.07, 6.45) is 0. The summed E-state index contributed by atoms with van der Waals surface area (Å²) in [6, 6.07) is 3.62. The Kier molecular flexibility index (Phi) is 5.02. The van der Waals surface area contributed by atoms with Crippen molar-refractivity contribution in [2.24, 2.45) is 0 Å². The minimum atomic E-state index is -0.483. The summed E-state index contributed by atoms with van der Waals surface area (Å²) in [7, 11) is 0. The number of hydrogen-bond donors (Lipinski definition) is 0. The van der Waals surface area contributed by atoms with Crippen molar-refractivity contribution in [1.29, 1.82) is 0 Å². The van der Waals surface area contributed by atoms with E-state index in [0.717, 1.165) is 34.9 Å². The molecule has 0 N–H and O–H groups in total. The van der Waals surface area contributed by atoms with Gasteiger partial charge < -0.3 is 0 Å². The summed E-state index contributed by atoms with van der Waals surface area (Å²) >= 11 is 1.03. The Morgan fingerprint density at radius 3 is 1.91 bits per heavy atom. The molecule has 1 rings (SSSR count). The average Bonchev–Trinajstić information content (AvgIpc) is 1.85. The van der Waals surface area contributed by atoms with Gasteiger partial charge in [-0.15, -0.1) is 17.0 Å². The Hall–Kier alpha value is 0.183. The average molecular weight is 273 g/mol. The van der Waals surface area contributed by atoms with E-state index in [2.05, 4.69) is 0 Å². The molecule has 0 heterocycles. The first-order chi connectivity index (χ1) is 4.72. The van der Waals surface area contributed by atoms with Gasteiger partial charge in [0.25, 0.3) is 0 Å². The first kappa shape index (κ1) is 11.2. The summed E-state index contributed by atoms with van der Waals surface area (Å²) in [6.45, 7) is 0. The molecule has 0 aliphatic rings. The zero-order valence-electron chi connectivity index (χ0n) is 5.81. The van der Waals surface area contributed by atoms with Crippen LogP contribution in [0.2, 0.25) is 0 Å². The van der Waals surface area contributed by atoms with Crippen LogP contribution in [-0.4, -0.2) is 0 Å². The Morgan fingerprint density at radius 1 is 1.09 bits per heavy atom. The summed E-state index contributed by atoms with van der Waals surface area (Å²) in [5.74, 6) is -0.966. The van der Waals surface area contributed by atoms with Crippen molar-refractivity contribution in [1.82, 2.24) is 0 Å². The molecule has 0 amide bonds. The molecule has 0 saturated carbocycles. The van der Waals surface area contributed by atoms with Crippen LogP contribution in [0.25, 0.3) is 0 Å². The van der Waals surface area contributed by atoms with Crippen LogP contribution in [-0.2, 0) is 23.3 Å². The molecule has 0 spiro atoms. The molecular weight excluding hydrogens is 267 g/mol. The van der Waals surface area contributed by atoms with Gasteiger partial charge in [0.2, 0.25) is 0 Å². The molecule has 0 unspecified atom stereocenters. The molecule has 57 valence electrons. The van der Waals surface area contributed by atoms with Crippen LogP contribution in [0.1, 0.15) is 5.56 Å². The first-order valence-electron chi connectivity index (χ1n) is 2.96. The molecule has 11 heavy (non-hydrogen) atoms. The van der Waals surface area contributed by atoms with Crippen LogP contribution in [0.3, 0.4) is 0 Å². The van der Waals surface area contributed by atoms with Crippen LogP contribution in [0, 0.1) is 11.6 Å². The molecule has 0 aromatic heterocycles.